The normalized spacial score (nSPS) is 13.6. The Bertz CT molecular complexity index is 2500. The van der Waals surface area contributed by atoms with Crippen LogP contribution in [0, 0.1) is 33.1 Å². The van der Waals surface area contributed by atoms with E-state index >= 15 is 0 Å². The van der Waals surface area contributed by atoms with Crippen molar-refractivity contribution in [2.75, 3.05) is 36.5 Å². The van der Waals surface area contributed by atoms with Crippen molar-refractivity contribution in [2.45, 2.75) is 63.6 Å². The van der Waals surface area contributed by atoms with Gasteiger partial charge in [-0.1, -0.05) is 48.3 Å². The molecule has 0 bridgehead atoms. The van der Waals surface area contributed by atoms with E-state index in [-0.39, 0.29) is 51.3 Å². The summed E-state index contributed by atoms with van der Waals surface area (Å²) in [6.45, 7) is 6.56. The molecule has 3 aromatic carbocycles. The topological polar surface area (TPSA) is 245 Å². The fourth-order valence-electron chi connectivity index (χ4n) is 6.37. The highest BCUT2D eigenvalue weighted by Crippen LogP contribution is 2.39. The summed E-state index contributed by atoms with van der Waals surface area (Å²) in [5.74, 6) is -4.12. The number of alkyl halides is 4. The zero-order valence-electron chi connectivity index (χ0n) is 34.1. The number of benzene rings is 3. The van der Waals surface area contributed by atoms with Crippen LogP contribution in [0.2, 0.25) is 10.0 Å². The number of ketones is 3. The van der Waals surface area contributed by atoms with Crippen molar-refractivity contribution in [3.05, 3.63) is 107 Å². The zero-order chi connectivity index (χ0) is 47.7. The Labute approximate surface area is 373 Å². The van der Waals surface area contributed by atoms with E-state index in [9.17, 15) is 61.0 Å². The van der Waals surface area contributed by atoms with Crippen molar-refractivity contribution in [2.24, 2.45) is 5.92 Å². The third kappa shape index (κ3) is 12.6. The summed E-state index contributed by atoms with van der Waals surface area (Å²) in [5, 5.41) is 24.7. The van der Waals surface area contributed by atoms with Crippen molar-refractivity contribution in [3.63, 3.8) is 0 Å². The first-order valence-corrected chi connectivity index (χ1v) is 21.6. The van der Waals surface area contributed by atoms with Crippen molar-refractivity contribution < 1.29 is 55.4 Å². The average Bonchev–Trinajstić information content (AvgIpc) is 3.58. The number of nitrogen functional groups attached to an aromatic ring is 1. The van der Waals surface area contributed by atoms with E-state index in [1.165, 1.54) is 0 Å². The quantitative estimate of drug-likeness (QED) is 0.0466. The lowest BCUT2D eigenvalue weighted by Gasteiger charge is -2.31. The third-order valence-corrected chi connectivity index (χ3v) is 11.2. The number of rotatable bonds is 12. The van der Waals surface area contributed by atoms with Gasteiger partial charge >= 0.3 is 11.9 Å². The molecule has 1 amide bonds. The maximum Gasteiger partial charge on any atom is 0.416 e. The molecule has 1 fully saturated rings. The Morgan fingerprint density at radius 1 is 1.03 bits per heavy atom. The number of ether oxygens (including phenoxy) is 1. The van der Waals surface area contributed by atoms with Crippen molar-refractivity contribution in [3.8, 4) is 5.69 Å². The van der Waals surface area contributed by atoms with Crippen LogP contribution >= 0.6 is 34.8 Å². The molecule has 1 saturated carbocycles. The second kappa shape index (κ2) is 21.7. The number of nitrogens with zero attached hydrogens (tertiary/aromatic N) is 5. The van der Waals surface area contributed by atoms with Gasteiger partial charge in [-0.25, -0.2) is 13.1 Å². The van der Waals surface area contributed by atoms with Crippen LogP contribution in [-0.2, 0) is 41.6 Å². The highest BCUT2D eigenvalue weighted by molar-refractivity contribution is 7.90. The van der Waals surface area contributed by atoms with Gasteiger partial charge < -0.3 is 15.4 Å². The minimum atomic E-state index is -4.63. The summed E-state index contributed by atoms with van der Waals surface area (Å²) in [6.07, 6.45) is -1.54. The second-order valence-electron chi connectivity index (χ2n) is 13.8. The Morgan fingerprint density at radius 3 is 2.06 bits per heavy atom. The average molecular weight is 964 g/mol. The second-order valence-corrected chi connectivity index (χ2v) is 16.9. The first-order chi connectivity index (χ1) is 29.3. The Morgan fingerprint density at radius 2 is 1.60 bits per heavy atom. The molecule has 5 rings (SSSR count). The monoisotopic (exact) mass is 962 g/mol. The van der Waals surface area contributed by atoms with E-state index in [1.807, 2.05) is 26.0 Å². The number of nitro groups is 2. The molecule has 63 heavy (non-hydrogen) atoms. The molecule has 1 aromatic heterocycles. The largest absolute Gasteiger partial charge is 0.416 e. The fraction of sp³-hybridized carbons (Fsp3) is 0.359. The van der Waals surface area contributed by atoms with Crippen LogP contribution < -0.4 is 10.6 Å². The van der Waals surface area contributed by atoms with Gasteiger partial charge in [0, 0.05) is 32.3 Å². The smallest absolute Gasteiger partial charge is 0.383 e. The Kier molecular flexibility index (Phi) is 17.9. The maximum absolute atomic E-state index is 12.6. The molecular weight excluding hydrogens is 924 g/mol. The molecular formula is C39H40Cl3F3N6O11S. The summed E-state index contributed by atoms with van der Waals surface area (Å²) < 4.78 is 66.8. The summed E-state index contributed by atoms with van der Waals surface area (Å²) in [4.78, 5) is 69.8. The summed E-state index contributed by atoms with van der Waals surface area (Å²) >= 11 is 17.3. The molecule has 1 aliphatic carbocycles. The number of hydrogen-bond donors (Lipinski definition) is 1. The van der Waals surface area contributed by atoms with Gasteiger partial charge in [-0.2, -0.15) is 18.3 Å². The highest BCUT2D eigenvalue weighted by Gasteiger charge is 2.39. The fourth-order valence-corrected chi connectivity index (χ4v) is 7.79. The Balaban J connectivity index is 0.000000253. The number of carbonyl (C=O) groups is 4. The van der Waals surface area contributed by atoms with E-state index in [4.69, 9.17) is 45.3 Å². The van der Waals surface area contributed by atoms with Crippen LogP contribution in [0.3, 0.4) is 0 Å². The van der Waals surface area contributed by atoms with Crippen LogP contribution in [0.25, 0.3) is 5.69 Å². The number of Topliss-reactive ketones (excluding diaryl/α,β-unsaturated/α-hetero) is 3. The lowest BCUT2D eigenvalue weighted by molar-refractivity contribution is -0.385. The van der Waals surface area contributed by atoms with Gasteiger partial charge in [-0.05, 0) is 62.1 Å². The number of aryl methyl sites for hydroxylation is 2. The van der Waals surface area contributed by atoms with Crippen LogP contribution in [-0.4, -0.2) is 83.2 Å². The lowest BCUT2D eigenvalue weighted by Crippen LogP contribution is -2.43. The van der Waals surface area contributed by atoms with Crippen LogP contribution in [0.4, 0.5) is 36.1 Å². The van der Waals surface area contributed by atoms with Crippen molar-refractivity contribution >= 4 is 90.8 Å². The molecule has 4 aromatic rings. The highest BCUT2D eigenvalue weighted by atomic mass is 35.5. The van der Waals surface area contributed by atoms with Crippen LogP contribution in [0.1, 0.15) is 60.2 Å². The number of anilines is 2. The number of amides is 1. The summed E-state index contributed by atoms with van der Waals surface area (Å²) in [7, 11) is -2.06. The van der Waals surface area contributed by atoms with Gasteiger partial charge in [-0.15, -0.1) is 11.6 Å². The number of para-hydroxylation sites is 1. The molecule has 1 atom stereocenters. The Hall–Kier alpha value is -5.48. The van der Waals surface area contributed by atoms with Crippen molar-refractivity contribution in [1.29, 1.82) is 0 Å². The predicted molar refractivity (Wildman–Crippen MR) is 228 cm³/mol. The molecule has 340 valence electrons. The van der Waals surface area contributed by atoms with Gasteiger partial charge in [0.05, 0.1) is 54.3 Å². The number of sulfone groups is 1. The number of halogens is 6. The van der Waals surface area contributed by atoms with E-state index in [2.05, 4.69) is 18.1 Å². The van der Waals surface area contributed by atoms with E-state index in [0.717, 1.165) is 58.6 Å². The molecule has 0 radical (unpaired) electrons. The maximum atomic E-state index is 12.6. The first-order valence-electron chi connectivity index (χ1n) is 18.4. The standard InChI is InChI=1S/C15H22ClNO2.C14H13NO7S.C10H5Cl2F3N4O2/c1-5-13-8-6-7-11(2)15(13)17(14(18)9-16)12(3)10-19-4;1-23(21,22)8-5-6-9(10(7-8)15(19)20)14(18)13-11(16)3-2-4-12(13)17;11-5-1-4(10(13,14)15)2-6(12)8(5)18-9(16)7(3-17-18)19(20)21/h6-8,12H,5,9-10H2,1-4H3;5-7,13H,2-4H2,1H3;1-3H,16H2. The molecule has 0 aliphatic heterocycles. The summed E-state index contributed by atoms with van der Waals surface area (Å²) in [6, 6.07) is 10.1. The van der Waals surface area contributed by atoms with Gasteiger partial charge in [0.15, 0.2) is 27.2 Å². The molecule has 1 aliphatic rings. The molecule has 24 heteroatoms. The van der Waals surface area contributed by atoms with E-state index in [0.29, 0.717) is 25.2 Å². The molecule has 1 heterocycles. The molecule has 2 N–H and O–H groups in total. The molecule has 0 saturated heterocycles. The van der Waals surface area contributed by atoms with Crippen molar-refractivity contribution in [1.82, 2.24) is 9.78 Å². The van der Waals surface area contributed by atoms with Crippen LogP contribution in [0.5, 0.6) is 0 Å². The first kappa shape index (κ1) is 51.9. The summed E-state index contributed by atoms with van der Waals surface area (Å²) in [5.41, 5.74) is 5.83. The number of nitro benzene ring substituents is 1. The van der Waals surface area contributed by atoms with Crippen LogP contribution in [0.15, 0.2) is 59.6 Å². The lowest BCUT2D eigenvalue weighted by atomic mass is 9.81. The molecule has 0 spiro atoms. The number of carbonyl (C=O) groups excluding carboxylic acids is 4. The van der Waals surface area contributed by atoms with E-state index in [1.54, 1.807) is 12.0 Å². The molecule has 17 nitrogen and oxygen atoms in total. The third-order valence-electron chi connectivity index (χ3n) is 9.33. The van der Waals surface area contributed by atoms with Gasteiger partial charge in [0.1, 0.15) is 23.7 Å². The molecule has 1 unspecified atom stereocenters. The van der Waals surface area contributed by atoms with Gasteiger partial charge in [0.2, 0.25) is 11.7 Å². The zero-order valence-corrected chi connectivity index (χ0v) is 37.2. The number of nitrogens with two attached hydrogens (primary N) is 1. The predicted octanol–water partition coefficient (Wildman–Crippen LogP) is 7.97. The number of methoxy groups -OCH3 is 1. The minimum Gasteiger partial charge on any atom is -0.383 e. The van der Waals surface area contributed by atoms with Gasteiger partial charge in [0.25, 0.3) is 5.69 Å². The SMILES string of the molecule is CCc1cccc(C)c1N(C(=O)CCl)C(C)COC.CS(=O)(=O)c1ccc(C(=O)C2C(=O)CCCC2=O)c([N+](=O)[O-])c1.Nc1c([N+](=O)[O-])cnn1-c1c(Cl)cc(C(F)(F)F)cc1Cl. The number of hydrogen-bond acceptors (Lipinski definition) is 13. The van der Waals surface area contributed by atoms with Gasteiger partial charge in [-0.3, -0.25) is 39.4 Å². The number of aromatic nitrogens is 2. The van der Waals surface area contributed by atoms with E-state index < -0.39 is 77.4 Å². The minimum absolute atomic E-state index is 0.0223.